The summed E-state index contributed by atoms with van der Waals surface area (Å²) >= 11 is 0. The molecule has 1 unspecified atom stereocenters. The van der Waals surface area contributed by atoms with Gasteiger partial charge in [0.25, 0.3) is 6.47 Å². The van der Waals surface area contributed by atoms with E-state index < -0.39 is 0 Å². The molecule has 0 saturated heterocycles. The predicted octanol–water partition coefficient (Wildman–Crippen LogP) is -0.883. The van der Waals surface area contributed by atoms with E-state index in [-0.39, 0.29) is 6.10 Å². The molecule has 44 valence electrons. The fraction of sp³-hybridized carbons (Fsp3) is 0.500. The van der Waals surface area contributed by atoms with Crippen molar-refractivity contribution in [2.45, 2.75) is 6.10 Å². The van der Waals surface area contributed by atoms with E-state index in [1.165, 1.54) is 0 Å². The van der Waals surface area contributed by atoms with Gasteiger partial charge in [-0.1, -0.05) is 0 Å². The van der Waals surface area contributed by atoms with E-state index in [2.05, 4.69) is 15.3 Å². The van der Waals surface area contributed by atoms with Crippen LogP contribution in [-0.4, -0.2) is 25.3 Å². The van der Waals surface area contributed by atoms with Crippen LogP contribution in [-0.2, 0) is 9.53 Å². The minimum Gasteiger partial charge on any atom is -0.457 e. The molecule has 0 fully saturated rings. The maximum Gasteiger partial charge on any atom is 0.293 e. The molecule has 1 atom stereocenters. The van der Waals surface area contributed by atoms with Gasteiger partial charge in [-0.15, -0.1) is 0 Å². The van der Waals surface area contributed by atoms with Gasteiger partial charge in [-0.25, -0.2) is 0 Å². The van der Waals surface area contributed by atoms with Gasteiger partial charge in [-0.3, -0.25) is 4.79 Å². The number of ether oxygens (including phenoxy) is 1. The van der Waals surface area contributed by atoms with E-state index in [4.69, 9.17) is 0 Å². The van der Waals surface area contributed by atoms with Crippen LogP contribution in [0.3, 0.4) is 0 Å². The zero-order valence-electron chi connectivity index (χ0n) is 4.20. The molecule has 1 aliphatic heterocycles. The Bertz CT molecular complexity index is 113. The Kier molecular flexibility index (Phi) is 1.46. The predicted molar refractivity (Wildman–Crippen MR) is 27.4 cm³/mol. The van der Waals surface area contributed by atoms with Crippen LogP contribution in [0.15, 0.2) is 5.10 Å². The van der Waals surface area contributed by atoms with Crippen LogP contribution in [0.2, 0.25) is 0 Å². The molecule has 0 saturated carbocycles. The van der Waals surface area contributed by atoms with Crippen LogP contribution >= 0.6 is 0 Å². The minimum absolute atomic E-state index is 0.160. The van der Waals surface area contributed by atoms with Crippen LogP contribution in [0.4, 0.5) is 0 Å². The zero-order chi connectivity index (χ0) is 5.82. The molecule has 4 nitrogen and oxygen atoms in total. The van der Waals surface area contributed by atoms with E-state index in [0.29, 0.717) is 13.0 Å². The van der Waals surface area contributed by atoms with Gasteiger partial charge >= 0.3 is 0 Å². The quantitative estimate of drug-likeness (QED) is 0.474. The molecule has 4 heteroatoms. The highest BCUT2D eigenvalue weighted by Crippen LogP contribution is 1.88. The zero-order valence-corrected chi connectivity index (χ0v) is 4.20. The van der Waals surface area contributed by atoms with Gasteiger partial charge in [0.1, 0.15) is 0 Å². The van der Waals surface area contributed by atoms with Crippen molar-refractivity contribution in [1.29, 1.82) is 0 Å². The van der Waals surface area contributed by atoms with Crippen molar-refractivity contribution < 1.29 is 9.53 Å². The highest BCUT2D eigenvalue weighted by Gasteiger charge is 2.08. The van der Waals surface area contributed by atoms with Gasteiger partial charge in [0.15, 0.2) is 6.10 Å². The number of carbonyl (C=O) groups excluding carboxylic acids is 1. The Balaban J connectivity index is 2.25. The summed E-state index contributed by atoms with van der Waals surface area (Å²) in [5, 5.41) is 3.62. The lowest BCUT2D eigenvalue weighted by atomic mass is 10.4. The SMILES string of the molecule is O=COC1C=NNC1. The Morgan fingerprint density at radius 3 is 3.38 bits per heavy atom. The number of hydrogen-bond acceptors (Lipinski definition) is 4. The van der Waals surface area contributed by atoms with Crippen molar-refractivity contribution in [2.75, 3.05) is 6.54 Å². The van der Waals surface area contributed by atoms with Crippen molar-refractivity contribution in [1.82, 2.24) is 5.43 Å². The molecule has 0 aliphatic carbocycles. The van der Waals surface area contributed by atoms with Crippen LogP contribution in [0, 0.1) is 0 Å². The van der Waals surface area contributed by atoms with Gasteiger partial charge < -0.3 is 10.2 Å². The fourth-order valence-electron chi connectivity index (χ4n) is 0.486. The number of carbonyl (C=O) groups is 1. The molecule has 0 amide bonds. The molecular formula is C4H6N2O2. The monoisotopic (exact) mass is 114 g/mol. The highest BCUT2D eigenvalue weighted by molar-refractivity contribution is 5.66. The first-order chi connectivity index (χ1) is 3.93. The second-order valence-electron chi connectivity index (χ2n) is 1.41. The molecule has 0 aromatic heterocycles. The molecule has 1 aliphatic rings. The van der Waals surface area contributed by atoms with Gasteiger partial charge in [0.2, 0.25) is 0 Å². The largest absolute Gasteiger partial charge is 0.457 e. The maximum atomic E-state index is 9.65. The standard InChI is InChI=1S/C4H6N2O2/c7-3-8-4-1-5-6-2-4/h1,3-4,6H,2H2. The van der Waals surface area contributed by atoms with Gasteiger partial charge in [0.05, 0.1) is 12.8 Å². The lowest BCUT2D eigenvalue weighted by Crippen LogP contribution is -2.18. The van der Waals surface area contributed by atoms with E-state index in [1.807, 2.05) is 0 Å². The first kappa shape index (κ1) is 5.08. The minimum atomic E-state index is -0.160. The molecule has 1 rings (SSSR count). The average molecular weight is 114 g/mol. The second-order valence-corrected chi connectivity index (χ2v) is 1.41. The molecule has 8 heavy (non-hydrogen) atoms. The summed E-state index contributed by atoms with van der Waals surface area (Å²) in [6.07, 6.45) is 1.39. The number of hydrazone groups is 1. The normalized spacial score (nSPS) is 24.8. The third kappa shape index (κ3) is 0.959. The van der Waals surface area contributed by atoms with E-state index in [9.17, 15) is 4.79 Å². The topological polar surface area (TPSA) is 50.7 Å². The Labute approximate surface area is 46.5 Å². The van der Waals surface area contributed by atoms with E-state index in [0.717, 1.165) is 0 Å². The number of rotatable bonds is 2. The Morgan fingerprint density at radius 2 is 2.88 bits per heavy atom. The molecule has 0 spiro atoms. The Hall–Kier alpha value is -1.06. The van der Waals surface area contributed by atoms with Crippen molar-refractivity contribution in [3.63, 3.8) is 0 Å². The van der Waals surface area contributed by atoms with Crippen LogP contribution in [0.5, 0.6) is 0 Å². The molecule has 0 aromatic carbocycles. The van der Waals surface area contributed by atoms with Crippen molar-refractivity contribution in [3.05, 3.63) is 0 Å². The summed E-state index contributed by atoms with van der Waals surface area (Å²) in [6.45, 7) is 1.02. The second kappa shape index (κ2) is 2.30. The van der Waals surface area contributed by atoms with Gasteiger partial charge in [-0.2, -0.15) is 5.10 Å². The summed E-state index contributed by atoms with van der Waals surface area (Å²) < 4.78 is 4.51. The van der Waals surface area contributed by atoms with E-state index in [1.54, 1.807) is 6.21 Å². The van der Waals surface area contributed by atoms with Crippen molar-refractivity contribution >= 4 is 12.7 Å². The average Bonchev–Trinajstić information content (AvgIpc) is 2.19. The van der Waals surface area contributed by atoms with Gasteiger partial charge in [-0.05, 0) is 0 Å². The molecule has 0 radical (unpaired) electrons. The lowest BCUT2D eigenvalue weighted by molar-refractivity contribution is -0.130. The third-order valence-corrected chi connectivity index (χ3v) is 0.855. The first-order valence-electron chi connectivity index (χ1n) is 2.28. The van der Waals surface area contributed by atoms with Gasteiger partial charge in [0, 0.05) is 0 Å². The number of hydrogen-bond donors (Lipinski definition) is 1. The molecular weight excluding hydrogens is 108 g/mol. The Morgan fingerprint density at radius 1 is 2.00 bits per heavy atom. The van der Waals surface area contributed by atoms with Crippen LogP contribution < -0.4 is 5.43 Å². The number of nitrogens with one attached hydrogen (secondary N) is 1. The summed E-state index contributed by atoms with van der Waals surface area (Å²) in [4.78, 5) is 9.65. The summed E-state index contributed by atoms with van der Waals surface area (Å²) in [7, 11) is 0. The molecule has 1 N–H and O–H groups in total. The van der Waals surface area contributed by atoms with Crippen molar-refractivity contribution in [3.8, 4) is 0 Å². The highest BCUT2D eigenvalue weighted by atomic mass is 16.5. The first-order valence-corrected chi connectivity index (χ1v) is 2.28. The molecule has 0 aromatic rings. The lowest BCUT2D eigenvalue weighted by Gasteiger charge is -1.99. The maximum absolute atomic E-state index is 9.65. The summed E-state index contributed by atoms with van der Waals surface area (Å²) in [5.41, 5.74) is 2.64. The smallest absolute Gasteiger partial charge is 0.293 e. The molecule has 0 bridgehead atoms. The number of nitrogens with zero attached hydrogens (tertiary/aromatic N) is 1. The summed E-state index contributed by atoms with van der Waals surface area (Å²) in [6, 6.07) is 0. The summed E-state index contributed by atoms with van der Waals surface area (Å²) in [5.74, 6) is 0. The van der Waals surface area contributed by atoms with Crippen LogP contribution in [0.1, 0.15) is 0 Å². The molecule has 1 heterocycles. The third-order valence-electron chi connectivity index (χ3n) is 0.855. The van der Waals surface area contributed by atoms with E-state index >= 15 is 0 Å². The fourth-order valence-corrected chi connectivity index (χ4v) is 0.486. The van der Waals surface area contributed by atoms with Crippen LogP contribution in [0.25, 0.3) is 0 Å². The van der Waals surface area contributed by atoms with Crippen molar-refractivity contribution in [2.24, 2.45) is 5.10 Å².